The Labute approximate surface area is 149 Å². The van der Waals surface area contributed by atoms with Crippen LogP contribution in [0.1, 0.15) is 63.0 Å². The van der Waals surface area contributed by atoms with Crippen LogP contribution in [0.4, 0.5) is 0 Å². The molecule has 4 atom stereocenters. The van der Waals surface area contributed by atoms with Crippen molar-refractivity contribution in [2.75, 3.05) is 7.11 Å². The van der Waals surface area contributed by atoms with Crippen molar-refractivity contribution in [1.82, 2.24) is 0 Å². The van der Waals surface area contributed by atoms with E-state index in [1.807, 2.05) is 0 Å². The minimum atomic E-state index is -0.833. The molecule has 0 aromatic heterocycles. The van der Waals surface area contributed by atoms with Gasteiger partial charge in [0.05, 0.1) is 7.11 Å². The number of Topliss-reactive ketones (excluding diaryl/α,β-unsaturated/α-hetero) is 1. The van der Waals surface area contributed by atoms with Crippen LogP contribution >= 0.6 is 0 Å². The fourth-order valence-corrected chi connectivity index (χ4v) is 5.46. The topological polar surface area (TPSA) is 63.6 Å². The Morgan fingerprint density at radius 1 is 1.24 bits per heavy atom. The number of methoxy groups -OCH3 is 1. The summed E-state index contributed by atoms with van der Waals surface area (Å²) in [5.74, 6) is 2.69. The Hall–Kier alpha value is -1.84. The van der Waals surface area contributed by atoms with Gasteiger partial charge in [-0.25, -0.2) is 0 Å². The molecule has 0 amide bonds. The molecule has 2 fully saturated rings. The number of carbonyl (C=O) groups excluding carboxylic acids is 1. The zero-order chi connectivity index (χ0) is 18.2. The largest absolute Gasteiger partial charge is 0.497 e. The fraction of sp³-hybridized carbons (Fsp3) is 0.619. The summed E-state index contributed by atoms with van der Waals surface area (Å²) in [6, 6.07) is 6.61. The first kappa shape index (κ1) is 18.0. The number of rotatable bonds is 1. The molecule has 3 aliphatic rings. The first-order valence-electron chi connectivity index (χ1n) is 9.26. The van der Waals surface area contributed by atoms with Crippen LogP contribution in [-0.2, 0) is 16.0 Å². The van der Waals surface area contributed by atoms with Gasteiger partial charge in [-0.1, -0.05) is 13.0 Å². The number of ether oxygens (including phenoxy) is 1. The highest BCUT2D eigenvalue weighted by atomic mass is 16.5. The molecular formula is C21H28O4. The van der Waals surface area contributed by atoms with Crippen molar-refractivity contribution < 1.29 is 19.4 Å². The van der Waals surface area contributed by atoms with Crippen molar-refractivity contribution in [3.8, 4) is 5.75 Å². The van der Waals surface area contributed by atoms with Crippen LogP contribution in [0.5, 0.6) is 5.75 Å². The maximum absolute atomic E-state index is 12.3. The van der Waals surface area contributed by atoms with Crippen LogP contribution in [0.15, 0.2) is 18.2 Å². The third-order valence-electron chi connectivity index (χ3n) is 6.64. The number of hydrogen-bond acceptors (Lipinski definition) is 3. The molecule has 0 saturated heterocycles. The molecule has 1 N–H and O–H groups in total. The van der Waals surface area contributed by atoms with Crippen molar-refractivity contribution in [3.05, 3.63) is 29.3 Å². The summed E-state index contributed by atoms with van der Waals surface area (Å²) in [7, 11) is 1.74. The van der Waals surface area contributed by atoms with Gasteiger partial charge in [-0.2, -0.15) is 0 Å². The summed E-state index contributed by atoms with van der Waals surface area (Å²) >= 11 is 0. The molecule has 1 aromatic rings. The number of carboxylic acid groups (broad SMARTS) is 1. The van der Waals surface area contributed by atoms with Crippen molar-refractivity contribution in [1.29, 1.82) is 0 Å². The molecule has 4 heteroatoms. The lowest BCUT2D eigenvalue weighted by atomic mass is 9.55. The van der Waals surface area contributed by atoms with E-state index < -0.39 is 5.97 Å². The van der Waals surface area contributed by atoms with Gasteiger partial charge in [0.15, 0.2) is 0 Å². The molecule has 3 aliphatic carbocycles. The zero-order valence-electron chi connectivity index (χ0n) is 15.4. The first-order chi connectivity index (χ1) is 11.9. The molecule has 4 rings (SSSR count). The van der Waals surface area contributed by atoms with Crippen LogP contribution in [0.25, 0.3) is 0 Å². The smallest absolute Gasteiger partial charge is 0.300 e. The van der Waals surface area contributed by atoms with E-state index >= 15 is 0 Å². The van der Waals surface area contributed by atoms with Crippen molar-refractivity contribution in [2.45, 2.75) is 58.3 Å². The quantitative estimate of drug-likeness (QED) is 0.829. The Balaban J connectivity index is 0.000000415. The second-order valence-electron chi connectivity index (χ2n) is 7.92. The predicted octanol–water partition coefficient (Wildman–Crippen LogP) is 4.21. The molecule has 4 unspecified atom stereocenters. The van der Waals surface area contributed by atoms with Crippen LogP contribution in [0.3, 0.4) is 0 Å². The van der Waals surface area contributed by atoms with Gasteiger partial charge in [0.2, 0.25) is 0 Å². The highest BCUT2D eigenvalue weighted by Crippen LogP contribution is 2.59. The minimum absolute atomic E-state index is 0.00879. The Morgan fingerprint density at radius 3 is 2.64 bits per heavy atom. The molecule has 0 radical (unpaired) electrons. The lowest BCUT2D eigenvalue weighted by Gasteiger charge is -2.48. The van der Waals surface area contributed by atoms with Crippen molar-refractivity contribution in [2.24, 2.45) is 17.3 Å². The van der Waals surface area contributed by atoms with Gasteiger partial charge in [0, 0.05) is 18.8 Å². The number of aryl methyl sites for hydroxylation is 1. The number of ketones is 1. The summed E-state index contributed by atoms with van der Waals surface area (Å²) in [4.78, 5) is 21.3. The molecule has 1 aromatic carbocycles. The molecule has 0 heterocycles. The minimum Gasteiger partial charge on any atom is -0.497 e. The van der Waals surface area contributed by atoms with E-state index in [-0.39, 0.29) is 5.41 Å². The van der Waals surface area contributed by atoms with E-state index in [0.717, 1.165) is 44.3 Å². The Bertz CT molecular complexity index is 676. The van der Waals surface area contributed by atoms with E-state index in [1.165, 1.54) is 24.0 Å². The number of carboxylic acids is 1. The van der Waals surface area contributed by atoms with Crippen molar-refractivity contribution in [3.63, 3.8) is 0 Å². The summed E-state index contributed by atoms with van der Waals surface area (Å²) in [5.41, 5.74) is 3.00. The third kappa shape index (κ3) is 3.19. The first-order valence-corrected chi connectivity index (χ1v) is 9.26. The Morgan fingerprint density at radius 2 is 1.96 bits per heavy atom. The standard InChI is InChI=1S/C19H24O2.C2H4O2/c1-19-10-9-15-14-6-4-13(21-2)11-12(14)3-5-16(15)17(19)7-8-18(19)20;1-2(3)4/h4,6,11,15-17H,3,5,7-10H2,1-2H3;1H3,(H,3,4). The lowest BCUT2D eigenvalue weighted by Crippen LogP contribution is -2.42. The van der Waals surface area contributed by atoms with Gasteiger partial charge < -0.3 is 9.84 Å². The van der Waals surface area contributed by atoms with E-state index in [4.69, 9.17) is 14.6 Å². The number of benzene rings is 1. The molecule has 0 spiro atoms. The molecule has 0 aliphatic heterocycles. The Kier molecular flexibility index (Phi) is 4.90. The van der Waals surface area contributed by atoms with Gasteiger partial charge >= 0.3 is 0 Å². The number of aliphatic carboxylic acids is 1. The average molecular weight is 344 g/mol. The number of fused-ring (bicyclic) bond motifs is 5. The number of hydrogen-bond donors (Lipinski definition) is 1. The van der Waals surface area contributed by atoms with Gasteiger partial charge in [-0.05, 0) is 73.1 Å². The second kappa shape index (κ2) is 6.81. The third-order valence-corrected chi connectivity index (χ3v) is 6.64. The summed E-state index contributed by atoms with van der Waals surface area (Å²) in [5, 5.41) is 7.42. The normalized spacial score (nSPS) is 32.6. The van der Waals surface area contributed by atoms with Crippen molar-refractivity contribution >= 4 is 11.8 Å². The summed E-state index contributed by atoms with van der Waals surface area (Å²) in [6.07, 6.45) is 6.61. The highest BCUT2D eigenvalue weighted by Gasteiger charge is 2.54. The SMILES string of the molecule is CC(=O)O.COc1ccc2c(c1)CCC1C2CCC2(C)C(=O)CCC12. The monoisotopic (exact) mass is 344 g/mol. The molecule has 0 bridgehead atoms. The second-order valence-corrected chi connectivity index (χ2v) is 7.92. The maximum atomic E-state index is 12.3. The maximum Gasteiger partial charge on any atom is 0.300 e. The van der Waals surface area contributed by atoms with Gasteiger partial charge in [-0.3, -0.25) is 9.59 Å². The predicted molar refractivity (Wildman–Crippen MR) is 95.9 cm³/mol. The molecule has 136 valence electrons. The summed E-state index contributed by atoms with van der Waals surface area (Å²) < 4.78 is 5.37. The van der Waals surface area contributed by atoms with E-state index in [2.05, 4.69) is 25.1 Å². The molecule has 4 nitrogen and oxygen atoms in total. The summed E-state index contributed by atoms with van der Waals surface area (Å²) in [6.45, 7) is 3.33. The van der Waals surface area contributed by atoms with Crippen LogP contribution in [0, 0.1) is 17.3 Å². The van der Waals surface area contributed by atoms with E-state index in [1.54, 1.807) is 7.11 Å². The van der Waals surface area contributed by atoms with Crippen LogP contribution < -0.4 is 4.74 Å². The molecule has 2 saturated carbocycles. The molecular weight excluding hydrogens is 316 g/mol. The van der Waals surface area contributed by atoms with E-state index in [9.17, 15) is 4.79 Å². The van der Waals surface area contributed by atoms with E-state index in [0.29, 0.717) is 17.6 Å². The van der Waals surface area contributed by atoms with Crippen LogP contribution in [-0.4, -0.2) is 24.0 Å². The lowest BCUT2D eigenvalue weighted by molar-refractivity contribution is -0.134. The molecule has 25 heavy (non-hydrogen) atoms. The van der Waals surface area contributed by atoms with Gasteiger partial charge in [-0.15, -0.1) is 0 Å². The van der Waals surface area contributed by atoms with Gasteiger partial charge in [0.1, 0.15) is 11.5 Å². The highest BCUT2D eigenvalue weighted by molar-refractivity contribution is 5.87. The zero-order valence-corrected chi connectivity index (χ0v) is 15.4. The van der Waals surface area contributed by atoms with Crippen LogP contribution in [0.2, 0.25) is 0 Å². The fourth-order valence-electron chi connectivity index (χ4n) is 5.46. The van der Waals surface area contributed by atoms with Gasteiger partial charge in [0.25, 0.3) is 5.97 Å². The average Bonchev–Trinajstić information content (AvgIpc) is 2.89. The number of carbonyl (C=O) groups is 2.